The first-order valence-electron chi connectivity index (χ1n) is 18.6. The van der Waals surface area contributed by atoms with Crippen LogP contribution in [0.5, 0.6) is 0 Å². The molecule has 0 saturated carbocycles. The van der Waals surface area contributed by atoms with Crippen molar-refractivity contribution in [2.24, 2.45) is 0 Å². The minimum absolute atomic E-state index is 0. The van der Waals surface area contributed by atoms with Crippen molar-refractivity contribution in [3.63, 3.8) is 0 Å². The number of pyridine rings is 4. The van der Waals surface area contributed by atoms with Crippen molar-refractivity contribution in [2.45, 2.75) is 0 Å². The molecule has 300 valence electrons. The zero-order chi connectivity index (χ0) is 41.0. The van der Waals surface area contributed by atoms with Gasteiger partial charge in [-0.3, -0.25) is 21.8 Å². The number of aromatic nitrogens is 4. The van der Waals surface area contributed by atoms with E-state index < -0.39 is 0 Å². The van der Waals surface area contributed by atoms with Gasteiger partial charge in [0, 0.05) is 54.2 Å². The SMILES string of the molecule is [C-]#Cc1ccc(N(c2ccccc2)c2ccc(C#[C-])cc2)cc1.[Pt+2].[Pt+2].[c-]1ccccc1-c1ccccn1.[c-]1ccccc1-c1ccccn1.c1ccncc1.c1ccncc1. The van der Waals surface area contributed by atoms with Gasteiger partial charge >= 0.3 is 42.1 Å². The van der Waals surface area contributed by atoms with Crippen LogP contribution in [0, 0.1) is 36.8 Å². The number of anilines is 3. The van der Waals surface area contributed by atoms with Crippen molar-refractivity contribution < 1.29 is 42.1 Å². The number of benzene rings is 5. The molecule has 7 heteroatoms. The molecule has 0 unspecified atom stereocenters. The summed E-state index contributed by atoms with van der Waals surface area (Å²) in [6.45, 7) is 0. The normalized spacial score (nSPS) is 9.02. The Kier molecular flexibility index (Phi) is 23.2. The van der Waals surface area contributed by atoms with Crippen LogP contribution in [0.1, 0.15) is 11.1 Å². The maximum atomic E-state index is 7.21. The second-order valence-corrected chi connectivity index (χ2v) is 12.0. The summed E-state index contributed by atoms with van der Waals surface area (Å²) in [4.78, 5) is 18.1. The maximum Gasteiger partial charge on any atom is 2.00 e. The van der Waals surface area contributed by atoms with Crippen LogP contribution in [0.3, 0.4) is 0 Å². The van der Waals surface area contributed by atoms with Gasteiger partial charge in [0.2, 0.25) is 0 Å². The first-order valence-corrected chi connectivity index (χ1v) is 18.6. The third kappa shape index (κ3) is 17.4. The molecule has 0 radical (unpaired) electrons. The van der Waals surface area contributed by atoms with Crippen LogP contribution < -0.4 is 4.90 Å². The largest absolute Gasteiger partial charge is 2.00 e. The summed E-state index contributed by atoms with van der Waals surface area (Å²) in [5.41, 5.74) is 8.56. The van der Waals surface area contributed by atoms with Gasteiger partial charge in [-0.05, 0) is 59.9 Å². The molecule has 0 atom stereocenters. The fraction of sp³-hybridized carbons (Fsp3) is 0. The third-order valence-corrected chi connectivity index (χ3v) is 7.99. The maximum absolute atomic E-state index is 7.21. The first-order chi connectivity index (χ1) is 29.2. The van der Waals surface area contributed by atoms with Gasteiger partial charge in [-0.2, -0.15) is 0 Å². The number of hydrogen-bond acceptors (Lipinski definition) is 5. The summed E-state index contributed by atoms with van der Waals surface area (Å²) in [5, 5.41) is 0. The van der Waals surface area contributed by atoms with E-state index >= 15 is 0 Å². The topological polar surface area (TPSA) is 54.8 Å². The summed E-state index contributed by atoms with van der Waals surface area (Å²) in [6.07, 6.45) is 25.0. The Morgan fingerprint density at radius 3 is 1.00 bits per heavy atom. The Morgan fingerprint density at radius 2 is 0.705 bits per heavy atom. The minimum atomic E-state index is 0. The van der Waals surface area contributed by atoms with Crippen LogP contribution in [0.4, 0.5) is 17.1 Å². The summed E-state index contributed by atoms with van der Waals surface area (Å²) >= 11 is 0. The Labute approximate surface area is 389 Å². The van der Waals surface area contributed by atoms with E-state index in [9.17, 15) is 0 Å². The molecule has 9 rings (SSSR count). The van der Waals surface area contributed by atoms with Gasteiger partial charge in [0.1, 0.15) is 0 Å². The van der Waals surface area contributed by atoms with Gasteiger partial charge in [0.15, 0.2) is 0 Å². The summed E-state index contributed by atoms with van der Waals surface area (Å²) in [6, 6.07) is 70.5. The zero-order valence-corrected chi connectivity index (χ0v) is 37.4. The Bertz CT molecular complexity index is 2230. The van der Waals surface area contributed by atoms with Crippen LogP contribution >= 0.6 is 0 Å². The zero-order valence-electron chi connectivity index (χ0n) is 32.9. The van der Waals surface area contributed by atoms with Crippen LogP contribution in [-0.2, 0) is 42.1 Å². The van der Waals surface area contributed by atoms with E-state index in [2.05, 4.69) is 48.8 Å². The summed E-state index contributed by atoms with van der Waals surface area (Å²) in [7, 11) is 0. The number of nitrogens with zero attached hydrogens (tertiary/aromatic N) is 5. The molecular weight excluding hydrogens is 1110 g/mol. The molecule has 0 bridgehead atoms. The molecule has 4 heterocycles. The van der Waals surface area contributed by atoms with Crippen LogP contribution in [0.25, 0.3) is 22.5 Å². The van der Waals surface area contributed by atoms with E-state index in [1.165, 1.54) is 0 Å². The van der Waals surface area contributed by atoms with Gasteiger partial charge in [0.05, 0.1) is 0 Å². The quantitative estimate of drug-likeness (QED) is 0.127. The molecule has 9 aromatic rings. The van der Waals surface area contributed by atoms with Crippen LogP contribution in [0.15, 0.2) is 237 Å². The molecule has 0 spiro atoms. The third-order valence-electron chi connectivity index (χ3n) is 7.99. The average molecular weight is 1150 g/mol. The summed E-state index contributed by atoms with van der Waals surface area (Å²) < 4.78 is 0. The number of hydrogen-bond donors (Lipinski definition) is 0. The standard InChI is InChI=1S/C22H13N.2C11H8N.2C5H5N.2Pt/c1-3-18-10-14-21(15-11-18)23(20-8-6-5-7-9-20)22-16-12-19(4-2)13-17-22;2*1-2-6-10(7-3-1)11-8-4-5-9-12-11;2*1-2-4-6-5-3-1;;/h5-17H;2*1-6,8-9H;2*1-5H;;/q-2;2*-1;;;2*+2. The fourth-order valence-corrected chi connectivity index (χ4v) is 5.19. The Morgan fingerprint density at radius 1 is 0.361 bits per heavy atom. The second kappa shape index (κ2) is 29.2. The molecule has 0 aliphatic rings. The van der Waals surface area contributed by atoms with Gasteiger partial charge in [0.25, 0.3) is 0 Å². The van der Waals surface area contributed by atoms with E-state index in [1.807, 2.05) is 200 Å². The van der Waals surface area contributed by atoms with Crippen molar-refractivity contribution >= 4 is 17.1 Å². The average Bonchev–Trinajstić information content (AvgIpc) is 3.35. The Balaban J connectivity index is 0.000000222. The second-order valence-electron chi connectivity index (χ2n) is 12.0. The first kappa shape index (κ1) is 48.4. The van der Waals surface area contributed by atoms with Crippen LogP contribution in [0.2, 0.25) is 0 Å². The van der Waals surface area contributed by atoms with Gasteiger partial charge in [-0.15, -0.1) is 107 Å². The molecule has 5 nitrogen and oxygen atoms in total. The molecule has 0 saturated heterocycles. The molecule has 0 N–H and O–H groups in total. The molecule has 4 aromatic heterocycles. The number of para-hydroxylation sites is 1. The minimum Gasteiger partial charge on any atom is -0.366 e. The molecular formula is C54H39N5Pt2. The van der Waals surface area contributed by atoms with E-state index in [1.54, 1.807) is 37.2 Å². The van der Waals surface area contributed by atoms with Gasteiger partial charge in [-0.1, -0.05) is 78.9 Å². The molecule has 0 fully saturated rings. The monoisotopic (exact) mass is 1150 g/mol. The van der Waals surface area contributed by atoms with E-state index in [0.29, 0.717) is 0 Å². The molecule has 0 amide bonds. The van der Waals surface area contributed by atoms with Gasteiger partial charge in [-0.25, -0.2) is 0 Å². The fourth-order valence-electron chi connectivity index (χ4n) is 5.19. The van der Waals surface area contributed by atoms with Crippen molar-refractivity contribution in [3.05, 3.63) is 273 Å². The molecule has 61 heavy (non-hydrogen) atoms. The smallest absolute Gasteiger partial charge is 0.366 e. The number of rotatable bonds is 5. The van der Waals surface area contributed by atoms with E-state index in [0.717, 1.165) is 50.7 Å². The van der Waals surface area contributed by atoms with E-state index in [4.69, 9.17) is 12.8 Å². The predicted octanol–water partition coefficient (Wildman–Crippen LogP) is 12.3. The predicted molar refractivity (Wildman–Crippen MR) is 239 cm³/mol. The summed E-state index contributed by atoms with van der Waals surface area (Å²) in [5.74, 6) is 4.78. The van der Waals surface area contributed by atoms with Crippen molar-refractivity contribution in [1.82, 2.24) is 19.9 Å². The van der Waals surface area contributed by atoms with Crippen molar-refractivity contribution in [3.8, 4) is 34.4 Å². The molecule has 5 aromatic carbocycles. The molecule has 0 aliphatic carbocycles. The van der Waals surface area contributed by atoms with Crippen molar-refractivity contribution in [1.29, 1.82) is 0 Å². The van der Waals surface area contributed by atoms with Gasteiger partial charge < -0.3 is 27.7 Å². The van der Waals surface area contributed by atoms with E-state index in [-0.39, 0.29) is 42.1 Å². The van der Waals surface area contributed by atoms with Crippen molar-refractivity contribution in [2.75, 3.05) is 4.90 Å². The van der Waals surface area contributed by atoms with Crippen LogP contribution in [-0.4, -0.2) is 19.9 Å². The Hall–Kier alpha value is -7.00. The molecule has 0 aliphatic heterocycles.